The summed E-state index contributed by atoms with van der Waals surface area (Å²) < 4.78 is 12.8. The highest BCUT2D eigenvalue weighted by atomic mass is 19.1. The van der Waals surface area contributed by atoms with E-state index in [1.54, 1.807) is 12.1 Å². The van der Waals surface area contributed by atoms with Crippen molar-refractivity contribution >= 4 is 0 Å². The summed E-state index contributed by atoms with van der Waals surface area (Å²) in [6.45, 7) is 1.76. The van der Waals surface area contributed by atoms with Gasteiger partial charge in [0.1, 0.15) is 5.82 Å². The third-order valence-electron chi connectivity index (χ3n) is 3.04. The first-order valence-corrected chi connectivity index (χ1v) is 5.40. The summed E-state index contributed by atoms with van der Waals surface area (Å²) in [6.07, 6.45) is 2.39. The molecule has 1 fully saturated rings. The highest BCUT2D eigenvalue weighted by molar-refractivity contribution is 5.23. The number of rotatable bonds is 1. The van der Waals surface area contributed by atoms with Gasteiger partial charge in [0.25, 0.3) is 0 Å². The molecular weight excluding hydrogens is 193 g/mol. The molecule has 1 heterocycles. The van der Waals surface area contributed by atoms with E-state index in [-0.39, 0.29) is 5.82 Å². The summed E-state index contributed by atoms with van der Waals surface area (Å²) in [5.74, 6) is -0.255. The summed E-state index contributed by atoms with van der Waals surface area (Å²) in [5, 5.41) is 13.7. The fourth-order valence-corrected chi connectivity index (χ4v) is 2.10. The average molecular weight is 209 g/mol. The molecule has 2 N–H and O–H groups in total. The van der Waals surface area contributed by atoms with Gasteiger partial charge in [-0.1, -0.05) is 12.1 Å². The number of hydrogen-bond donors (Lipinski definition) is 2. The molecule has 1 aliphatic rings. The van der Waals surface area contributed by atoms with Crippen LogP contribution < -0.4 is 5.32 Å². The van der Waals surface area contributed by atoms with Crippen LogP contribution >= 0.6 is 0 Å². The Morgan fingerprint density at radius 3 is 2.60 bits per heavy atom. The van der Waals surface area contributed by atoms with Crippen LogP contribution in [0.2, 0.25) is 0 Å². The Bertz CT molecular complexity index is 315. The third-order valence-corrected chi connectivity index (χ3v) is 3.04. The lowest BCUT2D eigenvalue weighted by atomic mass is 9.87. The Balaban J connectivity index is 2.22. The second-order valence-electron chi connectivity index (χ2n) is 4.14. The molecule has 0 amide bonds. The van der Waals surface area contributed by atoms with Gasteiger partial charge in [-0.3, -0.25) is 0 Å². The van der Waals surface area contributed by atoms with Crippen LogP contribution in [0, 0.1) is 5.82 Å². The maximum atomic E-state index is 12.8. The standard InChI is InChI=1S/C12H16FNO/c13-11-4-2-10(3-5-11)12(15)6-1-8-14-9-7-12/h2-5,14-15H,1,6-9H2. The van der Waals surface area contributed by atoms with Gasteiger partial charge in [0, 0.05) is 0 Å². The molecule has 0 spiro atoms. The molecule has 1 unspecified atom stereocenters. The molecule has 2 rings (SSSR count). The number of hydrogen-bond acceptors (Lipinski definition) is 2. The largest absolute Gasteiger partial charge is 0.385 e. The molecule has 0 saturated carbocycles. The predicted molar refractivity (Wildman–Crippen MR) is 57.0 cm³/mol. The lowest BCUT2D eigenvalue weighted by Crippen LogP contribution is -2.27. The van der Waals surface area contributed by atoms with Gasteiger partial charge in [-0.05, 0) is 50.0 Å². The molecular formula is C12H16FNO. The van der Waals surface area contributed by atoms with Crippen molar-refractivity contribution in [3.05, 3.63) is 35.6 Å². The smallest absolute Gasteiger partial charge is 0.123 e. The number of aliphatic hydroxyl groups is 1. The van der Waals surface area contributed by atoms with Crippen LogP contribution in [0.5, 0.6) is 0 Å². The topological polar surface area (TPSA) is 32.3 Å². The summed E-state index contributed by atoms with van der Waals surface area (Å²) in [6, 6.07) is 6.18. The second kappa shape index (κ2) is 4.29. The monoisotopic (exact) mass is 209 g/mol. The zero-order valence-electron chi connectivity index (χ0n) is 8.67. The van der Waals surface area contributed by atoms with E-state index in [1.807, 2.05) is 0 Å². The fraction of sp³-hybridized carbons (Fsp3) is 0.500. The van der Waals surface area contributed by atoms with Crippen molar-refractivity contribution < 1.29 is 9.50 Å². The van der Waals surface area contributed by atoms with Crippen molar-refractivity contribution in [1.29, 1.82) is 0 Å². The Morgan fingerprint density at radius 1 is 1.13 bits per heavy atom. The summed E-state index contributed by atoms with van der Waals surface area (Å²) in [4.78, 5) is 0. The van der Waals surface area contributed by atoms with Crippen molar-refractivity contribution in [2.45, 2.75) is 24.9 Å². The SMILES string of the molecule is OC1(c2ccc(F)cc2)CCCNCC1. The first-order chi connectivity index (χ1) is 7.21. The van der Waals surface area contributed by atoms with Gasteiger partial charge in [-0.2, -0.15) is 0 Å². The van der Waals surface area contributed by atoms with Gasteiger partial charge in [0.05, 0.1) is 5.60 Å². The summed E-state index contributed by atoms with van der Waals surface area (Å²) in [7, 11) is 0. The minimum atomic E-state index is -0.781. The highest BCUT2D eigenvalue weighted by Gasteiger charge is 2.29. The van der Waals surface area contributed by atoms with Gasteiger partial charge in [0.2, 0.25) is 0 Å². The van der Waals surface area contributed by atoms with Crippen molar-refractivity contribution in [3.8, 4) is 0 Å². The molecule has 1 aliphatic heterocycles. The quantitative estimate of drug-likeness (QED) is 0.739. The molecule has 15 heavy (non-hydrogen) atoms. The Labute approximate surface area is 89.1 Å². The maximum Gasteiger partial charge on any atom is 0.123 e. The molecule has 0 aliphatic carbocycles. The molecule has 0 bridgehead atoms. The Morgan fingerprint density at radius 2 is 1.87 bits per heavy atom. The van der Waals surface area contributed by atoms with Gasteiger partial charge in [0.15, 0.2) is 0 Å². The van der Waals surface area contributed by atoms with Gasteiger partial charge < -0.3 is 10.4 Å². The number of nitrogens with one attached hydrogen (secondary N) is 1. The van der Waals surface area contributed by atoms with Gasteiger partial charge in [-0.25, -0.2) is 4.39 Å². The lowest BCUT2D eigenvalue weighted by molar-refractivity contribution is 0.0240. The molecule has 1 saturated heterocycles. The van der Waals surface area contributed by atoms with E-state index in [0.29, 0.717) is 6.42 Å². The number of halogens is 1. The molecule has 1 aromatic rings. The molecule has 1 atom stereocenters. The van der Waals surface area contributed by atoms with E-state index in [4.69, 9.17) is 0 Å². The highest BCUT2D eigenvalue weighted by Crippen LogP contribution is 2.31. The van der Waals surface area contributed by atoms with Crippen LogP contribution in [0.4, 0.5) is 4.39 Å². The van der Waals surface area contributed by atoms with Crippen molar-refractivity contribution in [3.63, 3.8) is 0 Å². The molecule has 2 nitrogen and oxygen atoms in total. The van der Waals surface area contributed by atoms with E-state index in [1.165, 1.54) is 12.1 Å². The first-order valence-electron chi connectivity index (χ1n) is 5.40. The minimum Gasteiger partial charge on any atom is -0.385 e. The summed E-state index contributed by atoms with van der Waals surface area (Å²) >= 11 is 0. The first kappa shape index (κ1) is 10.6. The Hall–Kier alpha value is -0.930. The van der Waals surface area contributed by atoms with E-state index >= 15 is 0 Å². The van der Waals surface area contributed by atoms with Crippen LogP contribution in [0.1, 0.15) is 24.8 Å². The van der Waals surface area contributed by atoms with Gasteiger partial charge in [-0.15, -0.1) is 0 Å². The second-order valence-corrected chi connectivity index (χ2v) is 4.14. The Kier molecular flexibility index (Phi) is 3.03. The van der Waals surface area contributed by atoms with Crippen LogP contribution in [0.15, 0.2) is 24.3 Å². The maximum absolute atomic E-state index is 12.8. The predicted octanol–water partition coefficient (Wildman–Crippen LogP) is 1.79. The van der Waals surface area contributed by atoms with E-state index < -0.39 is 5.60 Å². The lowest BCUT2D eigenvalue weighted by Gasteiger charge is -2.26. The van der Waals surface area contributed by atoms with Crippen molar-refractivity contribution in [2.75, 3.05) is 13.1 Å². The van der Waals surface area contributed by atoms with Crippen LogP contribution in [0.25, 0.3) is 0 Å². The summed E-state index contributed by atoms with van der Waals surface area (Å²) in [5.41, 5.74) is 0.0459. The zero-order valence-corrected chi connectivity index (χ0v) is 8.67. The van der Waals surface area contributed by atoms with Crippen LogP contribution in [0.3, 0.4) is 0 Å². The van der Waals surface area contributed by atoms with Crippen LogP contribution in [-0.4, -0.2) is 18.2 Å². The van der Waals surface area contributed by atoms with Crippen molar-refractivity contribution in [2.24, 2.45) is 0 Å². The van der Waals surface area contributed by atoms with E-state index in [9.17, 15) is 9.50 Å². The van der Waals surface area contributed by atoms with E-state index in [0.717, 1.165) is 31.5 Å². The molecule has 0 radical (unpaired) electrons. The molecule has 0 aromatic heterocycles. The van der Waals surface area contributed by atoms with Gasteiger partial charge >= 0.3 is 0 Å². The zero-order chi connectivity index (χ0) is 10.7. The molecule has 82 valence electrons. The van der Waals surface area contributed by atoms with Crippen LogP contribution in [-0.2, 0) is 5.60 Å². The average Bonchev–Trinajstić information content (AvgIpc) is 2.45. The molecule has 3 heteroatoms. The van der Waals surface area contributed by atoms with Crippen molar-refractivity contribution in [1.82, 2.24) is 5.32 Å². The molecule has 1 aromatic carbocycles. The van der Waals surface area contributed by atoms with E-state index in [2.05, 4.69) is 5.32 Å². The third kappa shape index (κ3) is 2.36. The minimum absolute atomic E-state index is 0.255. The number of benzene rings is 1. The fourth-order valence-electron chi connectivity index (χ4n) is 2.10. The normalized spacial score (nSPS) is 27.3.